The fraction of sp³-hybridized carbons (Fsp3) is 0.375. The zero-order valence-electron chi connectivity index (χ0n) is 24.5. The lowest BCUT2D eigenvalue weighted by atomic mass is 10.0. The first-order valence-electron chi connectivity index (χ1n) is 14.0. The van der Waals surface area contributed by atoms with Crippen LogP contribution >= 0.6 is 23.2 Å². The molecular formula is C32H39Cl2N3O4S. The first kappa shape index (κ1) is 33.4. The van der Waals surface area contributed by atoms with E-state index in [-0.39, 0.29) is 43.8 Å². The molecule has 1 N–H and O–H groups in total. The van der Waals surface area contributed by atoms with Gasteiger partial charge in [0.15, 0.2) is 0 Å². The second kappa shape index (κ2) is 15.4. The Morgan fingerprint density at radius 3 is 2.10 bits per heavy atom. The summed E-state index contributed by atoms with van der Waals surface area (Å²) in [5, 5.41) is 3.71. The summed E-state index contributed by atoms with van der Waals surface area (Å²) in [4.78, 5) is 29.0. The fourth-order valence-corrected chi connectivity index (χ4v) is 5.96. The maximum Gasteiger partial charge on any atom is 0.243 e. The van der Waals surface area contributed by atoms with Gasteiger partial charge in [0.1, 0.15) is 6.04 Å². The molecule has 3 aromatic carbocycles. The largest absolute Gasteiger partial charge is 0.352 e. The summed E-state index contributed by atoms with van der Waals surface area (Å²) >= 11 is 12.4. The lowest BCUT2D eigenvalue weighted by molar-refractivity contribution is -0.141. The number of anilines is 1. The second-order valence-electron chi connectivity index (χ2n) is 10.6. The van der Waals surface area contributed by atoms with Gasteiger partial charge in [-0.15, -0.1) is 0 Å². The maximum absolute atomic E-state index is 13.9. The summed E-state index contributed by atoms with van der Waals surface area (Å²) in [6.45, 7) is 6.03. The number of carbonyl (C=O) groups is 2. The average Bonchev–Trinajstić information content (AvgIpc) is 2.94. The summed E-state index contributed by atoms with van der Waals surface area (Å²) in [5.74, 6) is -0.535. The van der Waals surface area contributed by atoms with Gasteiger partial charge in [0.05, 0.1) is 22.0 Å². The third-order valence-electron chi connectivity index (χ3n) is 6.82. The summed E-state index contributed by atoms with van der Waals surface area (Å²) < 4.78 is 26.6. The van der Waals surface area contributed by atoms with E-state index in [0.717, 1.165) is 29.4 Å². The van der Waals surface area contributed by atoms with Gasteiger partial charge < -0.3 is 10.2 Å². The average molecular weight is 633 g/mol. The van der Waals surface area contributed by atoms with Crippen LogP contribution < -0.4 is 9.62 Å². The fourth-order valence-electron chi connectivity index (χ4n) is 4.67. The Morgan fingerprint density at radius 2 is 1.52 bits per heavy atom. The van der Waals surface area contributed by atoms with Gasteiger partial charge in [-0.1, -0.05) is 78.7 Å². The predicted octanol–water partition coefficient (Wildman–Crippen LogP) is 6.27. The number of sulfonamides is 1. The number of hydrogen-bond donors (Lipinski definition) is 1. The van der Waals surface area contributed by atoms with Crippen molar-refractivity contribution in [1.29, 1.82) is 0 Å². The van der Waals surface area contributed by atoms with Crippen LogP contribution in [0.5, 0.6) is 0 Å². The molecule has 0 fully saturated rings. The van der Waals surface area contributed by atoms with Gasteiger partial charge in [0.2, 0.25) is 21.8 Å². The highest BCUT2D eigenvalue weighted by atomic mass is 35.5. The first-order chi connectivity index (χ1) is 19.9. The van der Waals surface area contributed by atoms with Crippen LogP contribution in [0.4, 0.5) is 5.69 Å². The van der Waals surface area contributed by atoms with Crippen LogP contribution in [-0.4, -0.2) is 50.0 Å². The number of carbonyl (C=O) groups excluding carboxylic acids is 2. The molecule has 7 nitrogen and oxygen atoms in total. The Morgan fingerprint density at radius 1 is 0.881 bits per heavy atom. The van der Waals surface area contributed by atoms with Crippen molar-refractivity contribution in [2.24, 2.45) is 0 Å². The number of amides is 2. The molecule has 0 bridgehead atoms. The Bertz CT molecular complexity index is 1450. The molecule has 2 amide bonds. The maximum atomic E-state index is 13.9. The minimum Gasteiger partial charge on any atom is -0.352 e. The van der Waals surface area contributed by atoms with Crippen LogP contribution in [0, 0.1) is 0 Å². The van der Waals surface area contributed by atoms with Gasteiger partial charge in [-0.3, -0.25) is 13.9 Å². The molecule has 0 aliphatic heterocycles. The van der Waals surface area contributed by atoms with Crippen LogP contribution in [0.25, 0.3) is 0 Å². The molecule has 0 saturated carbocycles. The highest BCUT2D eigenvalue weighted by Gasteiger charge is 2.31. The third kappa shape index (κ3) is 9.75. The van der Waals surface area contributed by atoms with Gasteiger partial charge in [-0.05, 0) is 67.6 Å². The van der Waals surface area contributed by atoms with E-state index < -0.39 is 16.1 Å². The number of rotatable bonds is 14. The molecule has 0 radical (unpaired) electrons. The molecule has 0 spiro atoms. The third-order valence-corrected chi connectivity index (χ3v) is 8.76. The minimum atomic E-state index is -3.58. The van der Waals surface area contributed by atoms with E-state index >= 15 is 0 Å². The highest BCUT2D eigenvalue weighted by Crippen LogP contribution is 2.25. The number of halogens is 2. The molecule has 0 aliphatic rings. The highest BCUT2D eigenvalue weighted by molar-refractivity contribution is 7.92. The molecule has 0 aromatic heterocycles. The van der Waals surface area contributed by atoms with Crippen molar-refractivity contribution in [3.05, 3.63) is 99.5 Å². The summed E-state index contributed by atoms with van der Waals surface area (Å²) in [5.41, 5.74) is 3.28. The van der Waals surface area contributed by atoms with Gasteiger partial charge in [-0.25, -0.2) is 8.42 Å². The van der Waals surface area contributed by atoms with Crippen LogP contribution in [0.3, 0.4) is 0 Å². The Kier molecular flexibility index (Phi) is 12.3. The summed E-state index contributed by atoms with van der Waals surface area (Å²) in [7, 11) is -3.58. The van der Waals surface area contributed by atoms with Gasteiger partial charge in [-0.2, -0.15) is 0 Å². The van der Waals surface area contributed by atoms with E-state index in [4.69, 9.17) is 23.2 Å². The van der Waals surface area contributed by atoms with E-state index in [9.17, 15) is 18.0 Å². The number of benzene rings is 3. The summed E-state index contributed by atoms with van der Waals surface area (Å²) in [6, 6.07) is 21.1. The zero-order valence-corrected chi connectivity index (χ0v) is 26.8. The van der Waals surface area contributed by atoms with Gasteiger partial charge >= 0.3 is 0 Å². The van der Waals surface area contributed by atoms with Crippen molar-refractivity contribution in [3.63, 3.8) is 0 Å². The van der Waals surface area contributed by atoms with E-state index in [0.29, 0.717) is 22.2 Å². The molecule has 1 atom stereocenters. The molecule has 226 valence electrons. The van der Waals surface area contributed by atoms with Crippen molar-refractivity contribution in [1.82, 2.24) is 10.2 Å². The first-order valence-corrected chi connectivity index (χ1v) is 16.6. The van der Waals surface area contributed by atoms with E-state index in [2.05, 4.69) is 5.32 Å². The molecule has 3 rings (SSSR count). The normalized spacial score (nSPS) is 12.2. The Labute approximate surface area is 259 Å². The second-order valence-corrected chi connectivity index (χ2v) is 13.3. The van der Waals surface area contributed by atoms with Crippen molar-refractivity contribution in [3.8, 4) is 0 Å². The van der Waals surface area contributed by atoms with Crippen LogP contribution in [0.1, 0.15) is 50.3 Å². The number of nitrogens with one attached hydrogen (secondary N) is 1. The van der Waals surface area contributed by atoms with Gasteiger partial charge in [0.25, 0.3) is 0 Å². The number of aryl methyl sites for hydroxylation is 1. The SMILES string of the molecule is CCc1ccc(N(CCCC(=O)N(Cc2ccc(Cl)c(Cl)c2)[C@H](Cc2ccccc2)C(=O)NC(C)C)S(C)(=O)=O)cc1. The summed E-state index contributed by atoms with van der Waals surface area (Å²) in [6.07, 6.45) is 2.62. The molecule has 0 unspecified atom stereocenters. The van der Waals surface area contributed by atoms with E-state index in [1.54, 1.807) is 35.2 Å². The molecule has 3 aromatic rings. The topological polar surface area (TPSA) is 86.8 Å². The molecule has 0 aliphatic carbocycles. The van der Waals surface area contributed by atoms with Gasteiger partial charge in [0, 0.05) is 32.0 Å². The Balaban J connectivity index is 1.89. The smallest absolute Gasteiger partial charge is 0.243 e. The van der Waals surface area contributed by atoms with Crippen molar-refractivity contribution >= 4 is 50.7 Å². The molecule has 42 heavy (non-hydrogen) atoms. The monoisotopic (exact) mass is 631 g/mol. The van der Waals surface area contributed by atoms with E-state index in [1.807, 2.05) is 63.2 Å². The molecule has 0 saturated heterocycles. The molecule has 10 heteroatoms. The van der Waals surface area contributed by atoms with Crippen LogP contribution in [0.15, 0.2) is 72.8 Å². The predicted molar refractivity (Wildman–Crippen MR) is 171 cm³/mol. The molecular weight excluding hydrogens is 593 g/mol. The van der Waals surface area contributed by atoms with Crippen LogP contribution in [0.2, 0.25) is 10.0 Å². The standard InChI is InChI=1S/C32H39Cl2N3O4S/c1-5-24-13-16-27(17-14-24)37(42(4,40)41)19-9-12-31(38)36(22-26-15-18-28(33)29(34)20-26)30(32(39)35-23(2)3)21-25-10-7-6-8-11-25/h6-8,10-11,13-18,20,23,30H,5,9,12,19,21-22H2,1-4H3,(H,35,39)/t30-/m1/s1. The van der Waals surface area contributed by atoms with Crippen LogP contribution in [-0.2, 0) is 39.0 Å². The Hall–Kier alpha value is -3.07. The minimum absolute atomic E-state index is 0.0423. The lowest BCUT2D eigenvalue weighted by Crippen LogP contribution is -2.51. The number of hydrogen-bond acceptors (Lipinski definition) is 4. The zero-order chi connectivity index (χ0) is 30.9. The van der Waals surface area contributed by atoms with Crippen molar-refractivity contribution in [2.75, 3.05) is 17.1 Å². The van der Waals surface area contributed by atoms with Crippen molar-refractivity contribution < 1.29 is 18.0 Å². The van der Waals surface area contributed by atoms with E-state index in [1.165, 1.54) is 4.31 Å². The number of nitrogens with zero attached hydrogens (tertiary/aromatic N) is 2. The lowest BCUT2D eigenvalue weighted by Gasteiger charge is -2.32. The quantitative estimate of drug-likeness (QED) is 0.227. The van der Waals surface area contributed by atoms with Crippen molar-refractivity contribution in [2.45, 2.75) is 65.1 Å². The molecule has 0 heterocycles.